The molecule has 0 bridgehead atoms. The Balaban J connectivity index is 1.65. The van der Waals surface area contributed by atoms with E-state index in [0.717, 1.165) is 32.4 Å². The molecule has 3 N–H and O–H groups in total. The van der Waals surface area contributed by atoms with Gasteiger partial charge in [-0.05, 0) is 38.5 Å². The second-order valence-electron chi connectivity index (χ2n) is 5.81. The minimum absolute atomic E-state index is 0.000905. The molecule has 7 nitrogen and oxygen atoms in total. The molecule has 2 rings (SSSR count). The second kappa shape index (κ2) is 7.28. The summed E-state index contributed by atoms with van der Waals surface area (Å²) in [6.07, 6.45) is 4.93. The second-order valence-corrected chi connectivity index (χ2v) is 5.81. The molecule has 0 unspecified atom stereocenters. The average molecular weight is 297 g/mol. The topological polar surface area (TPSA) is 98.7 Å². The van der Waals surface area contributed by atoms with Crippen molar-refractivity contribution in [3.05, 3.63) is 0 Å². The number of carboxylic acid groups (broad SMARTS) is 1. The van der Waals surface area contributed by atoms with Gasteiger partial charge < -0.3 is 20.6 Å². The standard InChI is InChI=1S/C14H23N3O4/c18-12(17-6-2-1-3-7-17)9-15-14(21)16-11-5-4-10(8-11)13(19)20/h10-11H,1-9H2,(H,19,20)(H2,15,16,21)/t10-,11+/m1/s1. The molecule has 1 saturated carbocycles. The third-order valence-electron chi connectivity index (χ3n) is 4.23. The minimum Gasteiger partial charge on any atom is -0.481 e. The quantitative estimate of drug-likeness (QED) is 0.705. The van der Waals surface area contributed by atoms with Crippen molar-refractivity contribution in [1.82, 2.24) is 15.5 Å². The summed E-state index contributed by atoms with van der Waals surface area (Å²) in [5.41, 5.74) is 0. The molecule has 2 atom stereocenters. The van der Waals surface area contributed by atoms with Crippen molar-refractivity contribution in [2.45, 2.75) is 44.6 Å². The highest BCUT2D eigenvalue weighted by atomic mass is 16.4. The van der Waals surface area contributed by atoms with Crippen molar-refractivity contribution in [2.24, 2.45) is 5.92 Å². The number of carboxylic acids is 1. The molecule has 0 spiro atoms. The fourth-order valence-electron chi connectivity index (χ4n) is 2.98. The molecule has 0 aromatic carbocycles. The van der Waals surface area contributed by atoms with E-state index in [2.05, 4.69) is 10.6 Å². The van der Waals surface area contributed by atoms with E-state index in [4.69, 9.17) is 5.11 Å². The molecule has 0 radical (unpaired) electrons. The van der Waals surface area contributed by atoms with E-state index in [0.29, 0.717) is 19.3 Å². The third-order valence-corrected chi connectivity index (χ3v) is 4.23. The normalized spacial score (nSPS) is 25.4. The molecule has 7 heteroatoms. The molecule has 1 aliphatic heterocycles. The number of urea groups is 1. The van der Waals surface area contributed by atoms with E-state index < -0.39 is 12.0 Å². The molecule has 2 aliphatic rings. The number of hydrogen-bond donors (Lipinski definition) is 3. The minimum atomic E-state index is -0.806. The van der Waals surface area contributed by atoms with Crippen LogP contribution in [0.25, 0.3) is 0 Å². The molecule has 3 amide bonds. The third kappa shape index (κ3) is 4.61. The van der Waals surface area contributed by atoms with Crippen LogP contribution >= 0.6 is 0 Å². The monoisotopic (exact) mass is 297 g/mol. The van der Waals surface area contributed by atoms with Crippen LogP contribution in [0.2, 0.25) is 0 Å². The lowest BCUT2D eigenvalue weighted by Gasteiger charge is -2.26. The highest BCUT2D eigenvalue weighted by Crippen LogP contribution is 2.25. The number of carbonyl (C=O) groups excluding carboxylic acids is 2. The Kier molecular flexibility index (Phi) is 5.41. The molecule has 2 fully saturated rings. The predicted molar refractivity (Wildman–Crippen MR) is 75.7 cm³/mol. The Morgan fingerprint density at radius 1 is 1.10 bits per heavy atom. The van der Waals surface area contributed by atoms with Gasteiger partial charge in [-0.15, -0.1) is 0 Å². The van der Waals surface area contributed by atoms with Crippen molar-refractivity contribution >= 4 is 17.9 Å². The Bertz CT molecular complexity index is 407. The van der Waals surface area contributed by atoms with Crippen LogP contribution in [0, 0.1) is 5.92 Å². The van der Waals surface area contributed by atoms with Gasteiger partial charge in [0, 0.05) is 19.1 Å². The van der Waals surface area contributed by atoms with E-state index in [1.807, 2.05) is 0 Å². The number of rotatable bonds is 4. The van der Waals surface area contributed by atoms with E-state index in [1.165, 1.54) is 0 Å². The van der Waals surface area contributed by atoms with Gasteiger partial charge in [-0.2, -0.15) is 0 Å². The van der Waals surface area contributed by atoms with Crippen LogP contribution in [0.4, 0.5) is 4.79 Å². The first-order valence-electron chi connectivity index (χ1n) is 7.61. The van der Waals surface area contributed by atoms with Crippen LogP contribution in [-0.2, 0) is 9.59 Å². The van der Waals surface area contributed by atoms with Crippen LogP contribution in [0.5, 0.6) is 0 Å². The lowest BCUT2D eigenvalue weighted by molar-refractivity contribution is -0.141. The lowest BCUT2D eigenvalue weighted by Crippen LogP contribution is -2.47. The maximum Gasteiger partial charge on any atom is 0.315 e. The van der Waals surface area contributed by atoms with Gasteiger partial charge in [0.15, 0.2) is 0 Å². The van der Waals surface area contributed by atoms with Crippen molar-refractivity contribution < 1.29 is 19.5 Å². The number of carbonyl (C=O) groups is 3. The number of likely N-dealkylation sites (tertiary alicyclic amines) is 1. The molecule has 1 heterocycles. The lowest BCUT2D eigenvalue weighted by atomic mass is 10.1. The van der Waals surface area contributed by atoms with Gasteiger partial charge in [-0.1, -0.05) is 0 Å². The zero-order valence-corrected chi connectivity index (χ0v) is 12.1. The first-order chi connectivity index (χ1) is 10.1. The summed E-state index contributed by atoms with van der Waals surface area (Å²) in [7, 11) is 0. The van der Waals surface area contributed by atoms with Crippen LogP contribution < -0.4 is 10.6 Å². The van der Waals surface area contributed by atoms with Gasteiger partial charge in [-0.3, -0.25) is 9.59 Å². The smallest absolute Gasteiger partial charge is 0.315 e. The number of piperidine rings is 1. The van der Waals surface area contributed by atoms with Crippen molar-refractivity contribution in [2.75, 3.05) is 19.6 Å². The molecule has 1 saturated heterocycles. The van der Waals surface area contributed by atoms with Crippen LogP contribution in [-0.4, -0.2) is 53.6 Å². The van der Waals surface area contributed by atoms with E-state index in [9.17, 15) is 14.4 Å². The summed E-state index contributed by atoms with van der Waals surface area (Å²) in [4.78, 5) is 36.2. The van der Waals surface area contributed by atoms with Gasteiger partial charge in [0.2, 0.25) is 5.91 Å². The molecule has 21 heavy (non-hydrogen) atoms. The summed E-state index contributed by atoms with van der Waals surface area (Å²) >= 11 is 0. The Hall–Kier alpha value is -1.79. The average Bonchev–Trinajstić information content (AvgIpc) is 2.94. The van der Waals surface area contributed by atoms with Crippen molar-refractivity contribution in [1.29, 1.82) is 0 Å². The maximum absolute atomic E-state index is 11.9. The summed E-state index contributed by atoms with van der Waals surface area (Å²) in [6, 6.07) is -0.507. The molecule has 118 valence electrons. The molecule has 1 aliphatic carbocycles. The Morgan fingerprint density at radius 2 is 1.81 bits per heavy atom. The van der Waals surface area contributed by atoms with E-state index in [-0.39, 0.29) is 24.4 Å². The number of amides is 3. The number of nitrogens with one attached hydrogen (secondary N) is 2. The largest absolute Gasteiger partial charge is 0.481 e. The van der Waals surface area contributed by atoms with Gasteiger partial charge in [0.25, 0.3) is 0 Å². The molecular weight excluding hydrogens is 274 g/mol. The SMILES string of the molecule is O=C(NCC(=O)N1CCCCC1)N[C@H]1CC[C@@H](C(=O)O)C1. The highest BCUT2D eigenvalue weighted by molar-refractivity contribution is 5.84. The first-order valence-corrected chi connectivity index (χ1v) is 7.61. The molecular formula is C14H23N3O4. The Morgan fingerprint density at radius 3 is 2.43 bits per heavy atom. The Labute approximate surface area is 124 Å². The van der Waals surface area contributed by atoms with E-state index in [1.54, 1.807) is 4.90 Å². The zero-order chi connectivity index (χ0) is 15.2. The van der Waals surface area contributed by atoms with Crippen molar-refractivity contribution in [3.8, 4) is 0 Å². The van der Waals surface area contributed by atoms with Crippen molar-refractivity contribution in [3.63, 3.8) is 0 Å². The van der Waals surface area contributed by atoms with Gasteiger partial charge in [0.1, 0.15) is 0 Å². The number of nitrogens with zero attached hydrogens (tertiary/aromatic N) is 1. The predicted octanol–water partition coefficient (Wildman–Crippen LogP) is 0.551. The van der Waals surface area contributed by atoms with Crippen LogP contribution in [0.1, 0.15) is 38.5 Å². The van der Waals surface area contributed by atoms with E-state index >= 15 is 0 Å². The molecule has 0 aromatic heterocycles. The zero-order valence-electron chi connectivity index (χ0n) is 12.1. The molecule has 0 aromatic rings. The number of hydrogen-bond acceptors (Lipinski definition) is 3. The summed E-state index contributed by atoms with van der Waals surface area (Å²) in [6.45, 7) is 1.54. The summed E-state index contributed by atoms with van der Waals surface area (Å²) in [5.74, 6) is -1.23. The summed E-state index contributed by atoms with van der Waals surface area (Å²) in [5, 5.41) is 14.2. The highest BCUT2D eigenvalue weighted by Gasteiger charge is 2.30. The van der Waals surface area contributed by atoms with Crippen LogP contribution in [0.3, 0.4) is 0 Å². The fraction of sp³-hybridized carbons (Fsp3) is 0.786. The number of aliphatic carboxylic acids is 1. The van der Waals surface area contributed by atoms with Gasteiger partial charge in [-0.25, -0.2) is 4.79 Å². The fourth-order valence-corrected chi connectivity index (χ4v) is 2.98. The van der Waals surface area contributed by atoms with Gasteiger partial charge >= 0.3 is 12.0 Å². The summed E-state index contributed by atoms with van der Waals surface area (Å²) < 4.78 is 0. The van der Waals surface area contributed by atoms with Crippen LogP contribution in [0.15, 0.2) is 0 Å². The first kappa shape index (κ1) is 15.6. The van der Waals surface area contributed by atoms with Gasteiger partial charge in [0.05, 0.1) is 12.5 Å². The maximum atomic E-state index is 11.9.